The summed E-state index contributed by atoms with van der Waals surface area (Å²) in [6, 6.07) is 10.9. The smallest absolute Gasteiger partial charge is 0.388 e. The lowest BCUT2D eigenvalue weighted by atomic mass is 10.1. The third-order valence-electron chi connectivity index (χ3n) is 4.39. The molecule has 0 radical (unpaired) electrons. The van der Waals surface area contributed by atoms with Gasteiger partial charge < -0.3 is 15.6 Å². The number of carbonyl (C=O) groups excluding carboxylic acids is 1. The van der Waals surface area contributed by atoms with Gasteiger partial charge in [-0.15, -0.1) is 11.3 Å². The molecule has 0 saturated heterocycles. The number of hydrogen-bond donors (Lipinski definition) is 3. The SMILES string of the molecule is CNc1ccc(C(F)(F)F)cc1.Cc1sccc1-c1ccc2c(NC=O)c[nH]c2n1. The molecule has 4 rings (SSSR count). The number of pyridine rings is 1. The van der Waals surface area contributed by atoms with Crippen LogP contribution in [0, 0.1) is 6.92 Å². The first-order valence-corrected chi connectivity index (χ1v) is 9.79. The Balaban J connectivity index is 0.000000187. The zero-order valence-corrected chi connectivity index (χ0v) is 17.0. The van der Waals surface area contributed by atoms with E-state index in [1.807, 2.05) is 12.1 Å². The van der Waals surface area contributed by atoms with Crippen molar-refractivity contribution < 1.29 is 18.0 Å². The van der Waals surface area contributed by atoms with Gasteiger partial charge in [0, 0.05) is 34.8 Å². The number of benzene rings is 1. The van der Waals surface area contributed by atoms with Crippen molar-refractivity contribution in [3.05, 3.63) is 64.5 Å². The maximum Gasteiger partial charge on any atom is 0.416 e. The molecule has 156 valence electrons. The fourth-order valence-corrected chi connectivity index (χ4v) is 3.52. The van der Waals surface area contributed by atoms with Crippen LogP contribution in [-0.4, -0.2) is 23.4 Å². The van der Waals surface area contributed by atoms with Crippen LogP contribution in [0.15, 0.2) is 54.0 Å². The van der Waals surface area contributed by atoms with Gasteiger partial charge in [0.1, 0.15) is 5.65 Å². The van der Waals surface area contributed by atoms with E-state index in [1.54, 1.807) is 24.6 Å². The molecule has 0 saturated carbocycles. The van der Waals surface area contributed by atoms with Gasteiger partial charge >= 0.3 is 6.18 Å². The summed E-state index contributed by atoms with van der Waals surface area (Å²) < 4.78 is 36.0. The molecule has 3 aromatic heterocycles. The molecule has 0 aliphatic carbocycles. The highest BCUT2D eigenvalue weighted by atomic mass is 32.1. The minimum atomic E-state index is -4.24. The van der Waals surface area contributed by atoms with Gasteiger partial charge in [0.25, 0.3) is 0 Å². The molecule has 0 fully saturated rings. The van der Waals surface area contributed by atoms with E-state index in [-0.39, 0.29) is 0 Å². The summed E-state index contributed by atoms with van der Waals surface area (Å²) in [4.78, 5) is 19.4. The summed E-state index contributed by atoms with van der Waals surface area (Å²) in [5.74, 6) is 0. The highest BCUT2D eigenvalue weighted by Gasteiger charge is 2.29. The van der Waals surface area contributed by atoms with Crippen LogP contribution in [0.2, 0.25) is 0 Å². The van der Waals surface area contributed by atoms with Crippen molar-refractivity contribution in [1.29, 1.82) is 0 Å². The minimum Gasteiger partial charge on any atom is -0.388 e. The number of aromatic nitrogens is 2. The lowest BCUT2D eigenvalue weighted by Gasteiger charge is -2.06. The Kier molecular flexibility index (Phi) is 6.41. The van der Waals surface area contributed by atoms with E-state index < -0.39 is 11.7 Å². The lowest BCUT2D eigenvalue weighted by molar-refractivity contribution is -0.137. The van der Waals surface area contributed by atoms with Crippen molar-refractivity contribution in [2.75, 3.05) is 17.7 Å². The highest BCUT2D eigenvalue weighted by molar-refractivity contribution is 7.10. The van der Waals surface area contributed by atoms with E-state index in [2.05, 4.69) is 39.0 Å². The number of nitrogens with zero attached hydrogens (tertiary/aromatic N) is 1. The van der Waals surface area contributed by atoms with Crippen LogP contribution in [0.5, 0.6) is 0 Å². The van der Waals surface area contributed by atoms with Gasteiger partial charge in [0.2, 0.25) is 6.41 Å². The fourth-order valence-electron chi connectivity index (χ4n) is 2.81. The molecule has 30 heavy (non-hydrogen) atoms. The van der Waals surface area contributed by atoms with Gasteiger partial charge in [-0.3, -0.25) is 4.79 Å². The predicted octanol–water partition coefficient (Wildman–Crippen LogP) is 5.92. The van der Waals surface area contributed by atoms with Gasteiger partial charge in [0.05, 0.1) is 16.9 Å². The van der Waals surface area contributed by atoms with Crippen molar-refractivity contribution in [1.82, 2.24) is 9.97 Å². The molecule has 4 aromatic rings. The molecule has 1 aromatic carbocycles. The topological polar surface area (TPSA) is 69.8 Å². The summed E-state index contributed by atoms with van der Waals surface area (Å²) in [6.45, 7) is 2.08. The normalized spacial score (nSPS) is 11.0. The average molecular weight is 432 g/mol. The predicted molar refractivity (Wildman–Crippen MR) is 115 cm³/mol. The van der Waals surface area contributed by atoms with E-state index in [4.69, 9.17) is 0 Å². The largest absolute Gasteiger partial charge is 0.416 e. The summed E-state index contributed by atoms with van der Waals surface area (Å²) in [7, 11) is 1.66. The van der Waals surface area contributed by atoms with Gasteiger partial charge in [-0.2, -0.15) is 13.2 Å². The molecule has 3 N–H and O–H groups in total. The number of nitrogens with one attached hydrogen (secondary N) is 3. The minimum absolute atomic E-state index is 0.624. The number of alkyl halides is 3. The number of rotatable bonds is 4. The number of anilines is 2. The quantitative estimate of drug-likeness (QED) is 0.351. The van der Waals surface area contributed by atoms with Gasteiger partial charge in [-0.25, -0.2) is 4.98 Å². The number of amides is 1. The zero-order chi connectivity index (χ0) is 21.7. The molecule has 1 amide bonds. The maximum atomic E-state index is 12.0. The second kappa shape index (κ2) is 9.00. The Morgan fingerprint density at radius 1 is 1.10 bits per heavy atom. The number of hydrogen-bond acceptors (Lipinski definition) is 4. The van der Waals surface area contributed by atoms with Crippen molar-refractivity contribution in [2.24, 2.45) is 0 Å². The van der Waals surface area contributed by atoms with E-state index in [9.17, 15) is 18.0 Å². The summed E-state index contributed by atoms with van der Waals surface area (Å²) in [5.41, 5.74) is 3.68. The molecule has 0 atom stereocenters. The molecule has 0 bridgehead atoms. The molecule has 0 spiro atoms. The van der Waals surface area contributed by atoms with Crippen LogP contribution in [0.1, 0.15) is 10.4 Å². The number of carbonyl (C=O) groups is 1. The van der Waals surface area contributed by atoms with Crippen molar-refractivity contribution in [2.45, 2.75) is 13.1 Å². The summed E-state index contributed by atoms with van der Waals surface area (Å²) in [6.07, 6.45) is -1.83. The number of fused-ring (bicyclic) bond motifs is 1. The number of halogens is 3. The maximum absolute atomic E-state index is 12.0. The second-order valence-corrected chi connectivity index (χ2v) is 7.39. The van der Waals surface area contributed by atoms with E-state index in [0.717, 1.165) is 40.1 Å². The lowest BCUT2D eigenvalue weighted by Crippen LogP contribution is -2.04. The van der Waals surface area contributed by atoms with Gasteiger partial charge in [-0.1, -0.05) is 0 Å². The highest BCUT2D eigenvalue weighted by Crippen LogP contribution is 2.30. The second-order valence-electron chi connectivity index (χ2n) is 6.27. The third kappa shape index (κ3) is 4.80. The van der Waals surface area contributed by atoms with E-state index in [1.165, 1.54) is 17.0 Å². The van der Waals surface area contributed by atoms with E-state index in [0.29, 0.717) is 12.1 Å². The summed E-state index contributed by atoms with van der Waals surface area (Å²) >= 11 is 1.71. The summed E-state index contributed by atoms with van der Waals surface area (Å²) in [5, 5.41) is 8.36. The Labute approximate surface area is 175 Å². The molecule has 0 aliphatic heterocycles. The Hall–Kier alpha value is -3.33. The zero-order valence-electron chi connectivity index (χ0n) is 16.2. The van der Waals surface area contributed by atoms with Crippen molar-refractivity contribution in [3.8, 4) is 11.3 Å². The number of H-pyrrole nitrogens is 1. The van der Waals surface area contributed by atoms with Crippen LogP contribution in [-0.2, 0) is 11.0 Å². The standard InChI is InChI=1S/C13H11N3OS.C8H8F3N/c1-8-9(4-5-18-8)11-3-2-10-12(15-7-17)6-14-13(10)16-11;1-12-7-4-2-6(3-5-7)8(9,10)11/h2-7H,1H3,(H,14,16)(H,15,17);2-5,12H,1H3. The fraction of sp³-hybridized carbons (Fsp3) is 0.143. The molecule has 9 heteroatoms. The number of thiophene rings is 1. The molecular formula is C21H19F3N4OS. The molecule has 0 aliphatic rings. The first-order valence-electron chi connectivity index (χ1n) is 8.91. The molecule has 3 heterocycles. The molecule has 5 nitrogen and oxygen atoms in total. The Morgan fingerprint density at radius 2 is 1.83 bits per heavy atom. The Bertz CT molecular complexity index is 1130. The average Bonchev–Trinajstić information content (AvgIpc) is 3.34. The first kappa shape index (κ1) is 21.4. The Morgan fingerprint density at radius 3 is 2.40 bits per heavy atom. The van der Waals surface area contributed by atoms with E-state index >= 15 is 0 Å². The van der Waals surface area contributed by atoms with Crippen LogP contribution in [0.3, 0.4) is 0 Å². The third-order valence-corrected chi connectivity index (χ3v) is 5.23. The van der Waals surface area contributed by atoms with Crippen LogP contribution in [0.4, 0.5) is 24.5 Å². The van der Waals surface area contributed by atoms with Gasteiger partial charge in [0.15, 0.2) is 0 Å². The van der Waals surface area contributed by atoms with Crippen LogP contribution < -0.4 is 10.6 Å². The van der Waals surface area contributed by atoms with Crippen LogP contribution in [0.25, 0.3) is 22.3 Å². The van der Waals surface area contributed by atoms with Gasteiger partial charge in [-0.05, 0) is 54.8 Å². The number of aryl methyl sites for hydroxylation is 1. The molecule has 0 unspecified atom stereocenters. The number of aromatic amines is 1. The van der Waals surface area contributed by atoms with Crippen LogP contribution >= 0.6 is 11.3 Å². The van der Waals surface area contributed by atoms with Crippen molar-refractivity contribution >= 4 is 40.2 Å². The van der Waals surface area contributed by atoms with Crippen molar-refractivity contribution in [3.63, 3.8) is 0 Å². The monoisotopic (exact) mass is 432 g/mol. The molecular weight excluding hydrogens is 413 g/mol. The first-order chi connectivity index (χ1) is 14.3.